The van der Waals surface area contributed by atoms with E-state index >= 15 is 0 Å². The Hall–Kier alpha value is -0.160. The normalized spacial score (nSPS) is 27.8. The van der Waals surface area contributed by atoms with Crippen molar-refractivity contribution < 1.29 is 5.21 Å². The summed E-state index contributed by atoms with van der Waals surface area (Å²) in [6, 6.07) is 0.295. The Kier molecular flexibility index (Phi) is 3.29. The Morgan fingerprint density at radius 2 is 2.00 bits per heavy atom. The van der Waals surface area contributed by atoms with Gasteiger partial charge < -0.3 is 5.21 Å². The van der Waals surface area contributed by atoms with E-state index in [1.807, 2.05) is 27.7 Å². The maximum atomic E-state index is 8.75. The first-order chi connectivity index (χ1) is 5.95. The minimum Gasteiger partial charge on any atom is -0.410 e. The molecule has 1 N–H and O–H groups in total. The summed E-state index contributed by atoms with van der Waals surface area (Å²) in [5.74, 6) is 0. The van der Waals surface area contributed by atoms with Gasteiger partial charge in [-0.2, -0.15) is 0 Å². The molecule has 0 radical (unpaired) electrons. The molecule has 0 amide bonds. The highest BCUT2D eigenvalue weighted by atomic mass is 32.2. The maximum absolute atomic E-state index is 8.75. The third kappa shape index (κ3) is 2.64. The molecule has 0 unspecified atom stereocenters. The topological polar surface area (TPSA) is 45.0 Å². The third-order valence-electron chi connectivity index (χ3n) is 1.50. The van der Waals surface area contributed by atoms with Gasteiger partial charge in [0, 0.05) is 6.04 Å². The van der Waals surface area contributed by atoms with Crippen molar-refractivity contribution in [1.29, 1.82) is 0 Å². The van der Waals surface area contributed by atoms with Gasteiger partial charge in [0.2, 0.25) is 0 Å². The zero-order valence-electron chi connectivity index (χ0n) is 8.24. The second-order valence-corrected chi connectivity index (χ2v) is 6.46. The van der Waals surface area contributed by atoms with Crippen molar-refractivity contribution in [1.82, 2.24) is 0 Å². The van der Waals surface area contributed by atoms with Crippen LogP contribution in [0, 0.1) is 0 Å². The highest BCUT2D eigenvalue weighted by molar-refractivity contribution is 8.50. The van der Waals surface area contributed by atoms with Crippen LogP contribution in [0.3, 0.4) is 0 Å². The first-order valence-corrected chi connectivity index (χ1v) is 5.76. The lowest BCUT2D eigenvalue weighted by atomic mass is 10.2. The summed E-state index contributed by atoms with van der Waals surface area (Å²) >= 11 is 3.11. The van der Waals surface area contributed by atoms with E-state index in [-0.39, 0.29) is 4.75 Å². The Morgan fingerprint density at radius 3 is 2.38 bits per heavy atom. The van der Waals surface area contributed by atoms with Gasteiger partial charge in [-0.05, 0) is 39.5 Å². The predicted molar refractivity (Wildman–Crippen MR) is 61.1 cm³/mol. The highest BCUT2D eigenvalue weighted by Gasteiger charge is 2.37. The van der Waals surface area contributed by atoms with Gasteiger partial charge in [0.15, 0.2) is 0 Å². The van der Waals surface area contributed by atoms with Crippen molar-refractivity contribution in [3.8, 4) is 0 Å². The quantitative estimate of drug-likeness (QED) is 0.543. The molecule has 3 nitrogen and oxygen atoms in total. The molecular formula is C8H14N2OS2. The fraction of sp³-hybridized carbons (Fsp3) is 0.750. The van der Waals surface area contributed by atoms with Gasteiger partial charge in [-0.15, -0.1) is 0 Å². The molecule has 0 aromatic rings. The van der Waals surface area contributed by atoms with Crippen LogP contribution in [0.2, 0.25) is 0 Å². The summed E-state index contributed by atoms with van der Waals surface area (Å²) in [4.78, 5) is 4.42. The number of thioether (sulfide) groups is 2. The van der Waals surface area contributed by atoms with Crippen LogP contribution in [0.5, 0.6) is 0 Å². The molecule has 1 heterocycles. The van der Waals surface area contributed by atoms with Crippen molar-refractivity contribution in [3.05, 3.63) is 0 Å². The van der Waals surface area contributed by atoms with Gasteiger partial charge in [-0.3, -0.25) is 4.99 Å². The molecule has 0 aromatic heterocycles. The van der Waals surface area contributed by atoms with E-state index in [0.29, 0.717) is 6.04 Å². The highest BCUT2D eigenvalue weighted by Crippen LogP contribution is 2.43. The van der Waals surface area contributed by atoms with Crippen LogP contribution >= 0.6 is 23.5 Å². The third-order valence-corrected chi connectivity index (χ3v) is 4.17. The van der Waals surface area contributed by atoms with E-state index in [0.717, 1.165) is 9.42 Å². The SMILES string of the molecule is CC(C)N=C1SC(=NO)C(C)(C)S1. The molecule has 1 aliphatic rings. The number of aliphatic imine (C=N–C) groups is 1. The zero-order chi connectivity index (χ0) is 10.1. The lowest BCUT2D eigenvalue weighted by Crippen LogP contribution is -2.19. The molecule has 0 aliphatic carbocycles. The Bertz CT molecular complexity index is 259. The maximum Gasteiger partial charge on any atom is 0.135 e. The van der Waals surface area contributed by atoms with Crippen molar-refractivity contribution in [2.75, 3.05) is 0 Å². The Morgan fingerprint density at radius 1 is 1.38 bits per heavy atom. The molecule has 0 aromatic carbocycles. The molecule has 1 rings (SSSR count). The van der Waals surface area contributed by atoms with E-state index in [1.54, 1.807) is 11.8 Å². The van der Waals surface area contributed by atoms with Gasteiger partial charge >= 0.3 is 0 Å². The average molecular weight is 218 g/mol. The minimum atomic E-state index is -0.132. The summed E-state index contributed by atoms with van der Waals surface area (Å²) in [5, 5.41) is 12.8. The van der Waals surface area contributed by atoms with Crippen LogP contribution in [-0.2, 0) is 0 Å². The van der Waals surface area contributed by atoms with E-state index in [2.05, 4.69) is 10.1 Å². The first kappa shape index (κ1) is 10.9. The van der Waals surface area contributed by atoms with E-state index in [1.165, 1.54) is 11.8 Å². The number of hydrogen-bond donors (Lipinski definition) is 1. The van der Waals surface area contributed by atoms with Crippen LogP contribution in [0.1, 0.15) is 27.7 Å². The molecule has 5 heteroatoms. The lowest BCUT2D eigenvalue weighted by Gasteiger charge is -2.12. The summed E-state index contributed by atoms with van der Waals surface area (Å²) in [6.45, 7) is 8.13. The Labute approximate surface area is 87.1 Å². The molecule has 1 aliphatic heterocycles. The van der Waals surface area contributed by atoms with E-state index in [4.69, 9.17) is 5.21 Å². The van der Waals surface area contributed by atoms with Gasteiger partial charge in [0.25, 0.3) is 0 Å². The fourth-order valence-electron chi connectivity index (χ4n) is 0.893. The van der Waals surface area contributed by atoms with Crippen LogP contribution < -0.4 is 0 Å². The molecular weight excluding hydrogens is 204 g/mol. The minimum absolute atomic E-state index is 0.132. The largest absolute Gasteiger partial charge is 0.410 e. The second-order valence-electron chi connectivity index (χ2n) is 3.61. The summed E-state index contributed by atoms with van der Waals surface area (Å²) < 4.78 is 0.862. The summed E-state index contributed by atoms with van der Waals surface area (Å²) in [5.41, 5.74) is 0. The van der Waals surface area contributed by atoms with Crippen molar-refractivity contribution >= 4 is 32.9 Å². The van der Waals surface area contributed by atoms with Gasteiger partial charge in [0.1, 0.15) is 9.42 Å². The van der Waals surface area contributed by atoms with E-state index in [9.17, 15) is 0 Å². The van der Waals surface area contributed by atoms with Gasteiger partial charge in [-0.25, -0.2) is 0 Å². The van der Waals surface area contributed by atoms with Crippen LogP contribution in [0.25, 0.3) is 0 Å². The predicted octanol–water partition coefficient (Wildman–Crippen LogP) is 2.80. The molecule has 0 saturated carbocycles. The van der Waals surface area contributed by atoms with Crippen LogP contribution in [0.15, 0.2) is 10.1 Å². The van der Waals surface area contributed by atoms with Crippen molar-refractivity contribution in [2.24, 2.45) is 10.1 Å². The molecule has 0 atom stereocenters. The molecule has 0 spiro atoms. The monoisotopic (exact) mass is 218 g/mol. The number of rotatable bonds is 1. The van der Waals surface area contributed by atoms with Crippen LogP contribution in [-0.4, -0.2) is 25.4 Å². The zero-order valence-corrected chi connectivity index (χ0v) is 9.87. The summed E-state index contributed by atoms with van der Waals surface area (Å²) in [6.07, 6.45) is 0. The molecule has 0 bridgehead atoms. The second kappa shape index (κ2) is 3.92. The van der Waals surface area contributed by atoms with Crippen molar-refractivity contribution in [3.63, 3.8) is 0 Å². The number of hydrogen-bond acceptors (Lipinski definition) is 5. The van der Waals surface area contributed by atoms with Crippen LogP contribution in [0.4, 0.5) is 0 Å². The average Bonchev–Trinajstić information content (AvgIpc) is 2.23. The molecule has 13 heavy (non-hydrogen) atoms. The molecule has 74 valence electrons. The molecule has 1 fully saturated rings. The van der Waals surface area contributed by atoms with Crippen molar-refractivity contribution in [2.45, 2.75) is 38.5 Å². The lowest BCUT2D eigenvalue weighted by molar-refractivity contribution is 0.319. The standard InChI is InChI=1S/C8H14N2OS2/c1-5(2)9-7-12-6(10-11)8(3,4)13-7/h5,11H,1-4H3. The fourth-order valence-corrected chi connectivity index (χ4v) is 3.71. The first-order valence-electron chi connectivity index (χ1n) is 4.13. The number of nitrogens with zero attached hydrogens (tertiary/aromatic N) is 2. The summed E-state index contributed by atoms with van der Waals surface area (Å²) in [7, 11) is 0. The van der Waals surface area contributed by atoms with E-state index < -0.39 is 0 Å². The molecule has 1 saturated heterocycles. The number of oxime groups is 1. The van der Waals surface area contributed by atoms with Gasteiger partial charge in [0.05, 0.1) is 4.75 Å². The smallest absolute Gasteiger partial charge is 0.135 e. The van der Waals surface area contributed by atoms with Gasteiger partial charge in [-0.1, -0.05) is 16.9 Å². The Balaban J connectivity index is 2.82.